The molecule has 164 valence electrons. The summed E-state index contributed by atoms with van der Waals surface area (Å²) in [4.78, 5) is 13.1. The molecule has 31 heavy (non-hydrogen) atoms. The van der Waals surface area contributed by atoms with Crippen LogP contribution >= 0.6 is 23.1 Å². The zero-order valence-electron chi connectivity index (χ0n) is 16.0. The Kier molecular flexibility index (Phi) is 6.97. The Balaban J connectivity index is 1.63. The Morgan fingerprint density at radius 2 is 1.71 bits per heavy atom. The van der Waals surface area contributed by atoms with Crippen LogP contribution in [0, 0.1) is 0 Å². The molecule has 2 aromatic carbocycles. The van der Waals surface area contributed by atoms with E-state index in [1.165, 1.54) is 24.3 Å². The highest BCUT2D eigenvalue weighted by molar-refractivity contribution is 8.00. The van der Waals surface area contributed by atoms with Crippen molar-refractivity contribution >= 4 is 50.4 Å². The molecule has 0 spiro atoms. The number of alkyl halides is 3. The molecule has 1 unspecified atom stereocenters. The highest BCUT2D eigenvalue weighted by Gasteiger charge is 2.33. The number of nitrogens with one attached hydrogen (secondary N) is 2. The molecule has 0 aliphatic heterocycles. The van der Waals surface area contributed by atoms with Gasteiger partial charge in [-0.3, -0.25) is 9.52 Å². The average Bonchev–Trinajstić information content (AvgIpc) is 3.25. The van der Waals surface area contributed by atoms with Gasteiger partial charge < -0.3 is 5.32 Å². The smallest absolute Gasteiger partial charge is 0.325 e. The molecule has 0 aliphatic rings. The van der Waals surface area contributed by atoms with Crippen LogP contribution in [0.15, 0.2) is 75.1 Å². The molecule has 1 amide bonds. The second-order valence-electron chi connectivity index (χ2n) is 6.35. The van der Waals surface area contributed by atoms with Crippen LogP contribution in [0.2, 0.25) is 0 Å². The summed E-state index contributed by atoms with van der Waals surface area (Å²) in [6.45, 7) is 1.57. The van der Waals surface area contributed by atoms with Crippen molar-refractivity contribution in [1.29, 1.82) is 0 Å². The Labute approximate surface area is 185 Å². The lowest BCUT2D eigenvalue weighted by molar-refractivity contribution is -0.137. The van der Waals surface area contributed by atoms with Crippen LogP contribution in [0.3, 0.4) is 0 Å². The number of thiophene rings is 1. The molecule has 2 N–H and O–H groups in total. The molecule has 1 heterocycles. The molecule has 3 rings (SSSR count). The fourth-order valence-electron chi connectivity index (χ4n) is 2.55. The van der Waals surface area contributed by atoms with E-state index in [2.05, 4.69) is 10.0 Å². The van der Waals surface area contributed by atoms with Gasteiger partial charge in [0.15, 0.2) is 0 Å². The van der Waals surface area contributed by atoms with E-state index in [9.17, 15) is 26.4 Å². The van der Waals surface area contributed by atoms with Gasteiger partial charge in [-0.25, -0.2) is 8.42 Å². The molecular weight excluding hydrogens is 469 g/mol. The number of sulfonamides is 1. The average molecular weight is 487 g/mol. The van der Waals surface area contributed by atoms with E-state index in [4.69, 9.17) is 0 Å². The lowest BCUT2D eigenvalue weighted by atomic mass is 10.1. The largest absolute Gasteiger partial charge is 0.418 e. The van der Waals surface area contributed by atoms with E-state index in [-0.39, 0.29) is 9.90 Å². The molecule has 0 fully saturated rings. The SMILES string of the molecule is CC(Sc1ccc(NS(=O)(=O)c2cccs2)cc1)C(=O)Nc1ccccc1C(F)(F)F. The first-order valence-corrected chi connectivity index (χ1v) is 12.1. The summed E-state index contributed by atoms with van der Waals surface area (Å²) < 4.78 is 66.4. The summed E-state index contributed by atoms with van der Waals surface area (Å²) in [7, 11) is -3.66. The molecule has 11 heteroatoms. The first-order valence-electron chi connectivity index (χ1n) is 8.86. The number of amides is 1. The van der Waals surface area contributed by atoms with E-state index in [1.807, 2.05) is 0 Å². The number of benzene rings is 2. The maximum absolute atomic E-state index is 13.1. The van der Waals surface area contributed by atoms with Crippen molar-refractivity contribution in [1.82, 2.24) is 0 Å². The standard InChI is InChI=1S/C20H17F3N2O3S3/c1-13(19(26)24-17-6-3-2-5-16(17)20(21,22)23)30-15-10-8-14(9-11-15)25-31(27,28)18-7-4-12-29-18/h2-13,25H,1H3,(H,24,26). The highest BCUT2D eigenvalue weighted by atomic mass is 32.2. The fraction of sp³-hybridized carbons (Fsp3) is 0.150. The Hall–Kier alpha value is -2.50. The second kappa shape index (κ2) is 9.33. The number of rotatable bonds is 7. The van der Waals surface area contributed by atoms with Gasteiger partial charge in [0.1, 0.15) is 4.21 Å². The lowest BCUT2D eigenvalue weighted by Gasteiger charge is -2.16. The molecule has 0 saturated carbocycles. The minimum absolute atomic E-state index is 0.190. The third-order valence-electron chi connectivity index (χ3n) is 4.04. The van der Waals surface area contributed by atoms with Crippen molar-refractivity contribution in [3.63, 3.8) is 0 Å². The third-order valence-corrected chi connectivity index (χ3v) is 7.93. The van der Waals surface area contributed by atoms with Gasteiger partial charge in [-0.05, 0) is 54.8 Å². The Bertz CT molecular complexity index is 1150. The molecule has 0 radical (unpaired) electrons. The van der Waals surface area contributed by atoms with Gasteiger partial charge in [-0.15, -0.1) is 23.1 Å². The van der Waals surface area contributed by atoms with Crippen molar-refractivity contribution in [3.05, 3.63) is 71.6 Å². The summed E-state index contributed by atoms with van der Waals surface area (Å²) in [5.41, 5.74) is -0.859. The van der Waals surface area contributed by atoms with Crippen LogP contribution in [0.5, 0.6) is 0 Å². The predicted octanol–water partition coefficient (Wildman–Crippen LogP) is 5.69. The molecule has 0 saturated heterocycles. The van der Waals surface area contributed by atoms with Gasteiger partial charge in [0.25, 0.3) is 10.0 Å². The van der Waals surface area contributed by atoms with Crippen molar-refractivity contribution in [2.45, 2.75) is 27.5 Å². The minimum Gasteiger partial charge on any atom is -0.325 e. The van der Waals surface area contributed by atoms with Crippen LogP contribution < -0.4 is 10.0 Å². The molecule has 3 aromatic rings. The van der Waals surface area contributed by atoms with Crippen LogP contribution in [-0.2, 0) is 21.0 Å². The summed E-state index contributed by atoms with van der Waals surface area (Å²) in [5, 5.41) is 3.30. The molecular formula is C20H17F3N2O3S3. The highest BCUT2D eigenvalue weighted by Crippen LogP contribution is 2.35. The predicted molar refractivity (Wildman–Crippen MR) is 117 cm³/mol. The molecule has 1 aromatic heterocycles. The van der Waals surface area contributed by atoms with E-state index in [0.29, 0.717) is 10.6 Å². The maximum atomic E-state index is 13.1. The summed E-state index contributed by atoms with van der Waals surface area (Å²) >= 11 is 2.24. The van der Waals surface area contributed by atoms with Gasteiger partial charge in [-0.2, -0.15) is 13.2 Å². The van der Waals surface area contributed by atoms with E-state index < -0.39 is 32.9 Å². The number of carbonyl (C=O) groups is 1. The maximum Gasteiger partial charge on any atom is 0.418 e. The summed E-state index contributed by atoms with van der Waals surface area (Å²) in [6.07, 6.45) is -4.58. The summed E-state index contributed by atoms with van der Waals surface area (Å²) in [5.74, 6) is -0.579. The minimum atomic E-state index is -4.58. The van der Waals surface area contributed by atoms with Gasteiger partial charge in [0, 0.05) is 10.6 Å². The topological polar surface area (TPSA) is 75.3 Å². The van der Waals surface area contributed by atoms with Gasteiger partial charge in [-0.1, -0.05) is 18.2 Å². The van der Waals surface area contributed by atoms with Crippen molar-refractivity contribution in [2.24, 2.45) is 0 Å². The van der Waals surface area contributed by atoms with Crippen LogP contribution in [-0.4, -0.2) is 19.6 Å². The zero-order valence-corrected chi connectivity index (χ0v) is 18.5. The molecule has 0 bridgehead atoms. The first kappa shape index (κ1) is 23.2. The second-order valence-corrected chi connectivity index (χ2v) is 10.6. The van der Waals surface area contributed by atoms with E-state index in [1.54, 1.807) is 42.6 Å². The monoisotopic (exact) mass is 486 g/mol. The number of hydrogen-bond acceptors (Lipinski definition) is 5. The van der Waals surface area contributed by atoms with E-state index >= 15 is 0 Å². The molecule has 0 aliphatic carbocycles. The lowest BCUT2D eigenvalue weighted by Crippen LogP contribution is -2.24. The summed E-state index contributed by atoms with van der Waals surface area (Å²) in [6, 6.07) is 14.3. The number of anilines is 2. The first-order chi connectivity index (χ1) is 14.6. The normalized spacial score (nSPS) is 12.9. The third kappa shape index (κ3) is 6.02. The van der Waals surface area contributed by atoms with Gasteiger partial charge >= 0.3 is 6.18 Å². The van der Waals surface area contributed by atoms with Crippen molar-refractivity contribution in [3.8, 4) is 0 Å². The van der Waals surface area contributed by atoms with Gasteiger partial charge in [0.2, 0.25) is 5.91 Å². The van der Waals surface area contributed by atoms with E-state index in [0.717, 1.165) is 29.2 Å². The number of thioether (sulfide) groups is 1. The number of halogens is 3. The number of hydrogen-bond donors (Lipinski definition) is 2. The zero-order chi connectivity index (χ0) is 22.6. The van der Waals surface area contributed by atoms with Crippen molar-refractivity contribution in [2.75, 3.05) is 10.0 Å². The van der Waals surface area contributed by atoms with Gasteiger partial charge in [0.05, 0.1) is 16.5 Å². The molecule has 1 atom stereocenters. The molecule has 5 nitrogen and oxygen atoms in total. The van der Waals surface area contributed by atoms with Crippen LogP contribution in [0.4, 0.5) is 24.5 Å². The fourth-order valence-corrected chi connectivity index (χ4v) is 5.47. The Morgan fingerprint density at radius 1 is 1.03 bits per heavy atom. The number of para-hydroxylation sites is 1. The van der Waals surface area contributed by atoms with Crippen LogP contribution in [0.1, 0.15) is 12.5 Å². The van der Waals surface area contributed by atoms with Crippen LogP contribution in [0.25, 0.3) is 0 Å². The quantitative estimate of drug-likeness (QED) is 0.421. The van der Waals surface area contributed by atoms with Crippen molar-refractivity contribution < 1.29 is 26.4 Å². The Morgan fingerprint density at radius 3 is 2.32 bits per heavy atom. The number of carbonyl (C=O) groups excluding carboxylic acids is 1.